The van der Waals surface area contributed by atoms with Gasteiger partial charge >= 0.3 is 0 Å². The minimum atomic E-state index is -0.173. The summed E-state index contributed by atoms with van der Waals surface area (Å²) in [6.45, 7) is 0.703. The van der Waals surface area contributed by atoms with Gasteiger partial charge in [0.25, 0.3) is 5.91 Å². The van der Waals surface area contributed by atoms with E-state index in [0.29, 0.717) is 17.9 Å². The average Bonchev–Trinajstić information content (AvgIpc) is 2.91. The number of ether oxygens (including phenoxy) is 1. The molecule has 0 aliphatic heterocycles. The van der Waals surface area contributed by atoms with E-state index in [1.807, 2.05) is 54.6 Å². The Morgan fingerprint density at radius 3 is 2.44 bits per heavy atom. The zero-order valence-corrected chi connectivity index (χ0v) is 20.7. The van der Waals surface area contributed by atoms with E-state index < -0.39 is 0 Å². The van der Waals surface area contributed by atoms with Gasteiger partial charge in [-0.1, -0.05) is 61.7 Å². The van der Waals surface area contributed by atoms with E-state index in [-0.39, 0.29) is 24.4 Å². The van der Waals surface area contributed by atoms with Gasteiger partial charge in [-0.25, -0.2) is 0 Å². The molecule has 4 rings (SSSR count). The van der Waals surface area contributed by atoms with Crippen LogP contribution in [0.15, 0.2) is 78.9 Å². The Bertz CT molecular complexity index is 1130. The lowest BCUT2D eigenvalue weighted by molar-refractivity contribution is -0.114. The van der Waals surface area contributed by atoms with Gasteiger partial charge in [0.1, 0.15) is 5.75 Å². The molecule has 0 atom stereocenters. The van der Waals surface area contributed by atoms with Gasteiger partial charge < -0.3 is 20.7 Å². The molecule has 0 heterocycles. The van der Waals surface area contributed by atoms with E-state index >= 15 is 0 Å². The van der Waals surface area contributed by atoms with Crippen LogP contribution in [-0.2, 0) is 11.2 Å². The molecule has 1 aliphatic rings. The predicted molar refractivity (Wildman–Crippen MR) is 145 cm³/mol. The van der Waals surface area contributed by atoms with Gasteiger partial charge in [-0.2, -0.15) is 0 Å². The largest absolute Gasteiger partial charge is 0.494 e. The van der Waals surface area contributed by atoms with Crippen LogP contribution in [0.25, 0.3) is 0 Å². The number of amides is 2. The summed E-state index contributed by atoms with van der Waals surface area (Å²) in [5.74, 6) is 0.495. The van der Waals surface area contributed by atoms with Crippen LogP contribution in [-0.4, -0.2) is 31.0 Å². The zero-order chi connectivity index (χ0) is 25.0. The second kappa shape index (κ2) is 13.3. The van der Waals surface area contributed by atoms with Crippen molar-refractivity contribution >= 4 is 23.2 Å². The molecule has 1 fully saturated rings. The summed E-state index contributed by atoms with van der Waals surface area (Å²) in [4.78, 5) is 25.1. The molecule has 36 heavy (non-hydrogen) atoms. The van der Waals surface area contributed by atoms with Crippen LogP contribution in [0.3, 0.4) is 0 Å². The van der Waals surface area contributed by atoms with E-state index in [0.717, 1.165) is 37.1 Å². The molecule has 0 spiro atoms. The van der Waals surface area contributed by atoms with Crippen LogP contribution in [0.5, 0.6) is 5.75 Å². The highest BCUT2D eigenvalue weighted by Gasteiger charge is 2.16. The summed E-state index contributed by atoms with van der Waals surface area (Å²) in [5.41, 5.74) is 3.31. The molecule has 0 bridgehead atoms. The molecule has 0 saturated heterocycles. The smallest absolute Gasteiger partial charge is 0.251 e. The minimum Gasteiger partial charge on any atom is -0.494 e. The number of rotatable bonds is 11. The Labute approximate surface area is 213 Å². The first-order chi connectivity index (χ1) is 17.7. The van der Waals surface area contributed by atoms with Crippen LogP contribution >= 0.6 is 0 Å². The average molecular weight is 486 g/mol. The molecule has 0 unspecified atom stereocenters. The van der Waals surface area contributed by atoms with Crippen molar-refractivity contribution in [2.75, 3.05) is 23.8 Å². The van der Waals surface area contributed by atoms with Crippen molar-refractivity contribution in [3.05, 3.63) is 90.0 Å². The minimum absolute atomic E-state index is 0.0596. The number of aryl methyl sites for hydroxylation is 1. The first kappa shape index (κ1) is 25.3. The summed E-state index contributed by atoms with van der Waals surface area (Å²) in [6, 6.07) is 25.3. The molecular formula is C30H35N3O3. The second-order valence-corrected chi connectivity index (χ2v) is 9.26. The monoisotopic (exact) mass is 485 g/mol. The summed E-state index contributed by atoms with van der Waals surface area (Å²) >= 11 is 0. The lowest BCUT2D eigenvalue weighted by atomic mass is 9.95. The molecule has 3 N–H and O–H groups in total. The Balaban J connectivity index is 1.21. The highest BCUT2D eigenvalue weighted by Crippen LogP contribution is 2.19. The van der Waals surface area contributed by atoms with E-state index in [1.54, 1.807) is 12.1 Å². The number of hydrogen-bond donors (Lipinski definition) is 3. The Morgan fingerprint density at radius 2 is 1.61 bits per heavy atom. The topological polar surface area (TPSA) is 79.5 Å². The van der Waals surface area contributed by atoms with Crippen LogP contribution in [0.4, 0.5) is 11.4 Å². The first-order valence-corrected chi connectivity index (χ1v) is 12.9. The summed E-state index contributed by atoms with van der Waals surface area (Å²) in [7, 11) is 0. The fourth-order valence-electron chi connectivity index (χ4n) is 4.45. The molecule has 188 valence electrons. The summed E-state index contributed by atoms with van der Waals surface area (Å²) in [5, 5.41) is 9.15. The number of carbonyl (C=O) groups excluding carboxylic acids is 2. The van der Waals surface area contributed by atoms with Crippen molar-refractivity contribution in [3.8, 4) is 5.75 Å². The van der Waals surface area contributed by atoms with Crippen molar-refractivity contribution in [2.24, 2.45) is 0 Å². The maximum absolute atomic E-state index is 12.6. The Kier molecular flexibility index (Phi) is 9.37. The van der Waals surface area contributed by atoms with Gasteiger partial charge in [-0.05, 0) is 61.6 Å². The van der Waals surface area contributed by atoms with Gasteiger partial charge in [0.15, 0.2) is 0 Å². The fourth-order valence-corrected chi connectivity index (χ4v) is 4.45. The number of carbonyl (C=O) groups is 2. The molecule has 6 heteroatoms. The van der Waals surface area contributed by atoms with E-state index in [9.17, 15) is 9.59 Å². The lowest BCUT2D eigenvalue weighted by Crippen LogP contribution is -2.36. The SMILES string of the molecule is O=C(CNc1cccc(C(=O)NC2CCCCC2)c1)Nc1cccc(OCCCc2ccccc2)c1. The third-order valence-corrected chi connectivity index (χ3v) is 6.36. The second-order valence-electron chi connectivity index (χ2n) is 9.26. The maximum atomic E-state index is 12.6. The van der Waals surface area contributed by atoms with Gasteiger partial charge in [-0.15, -0.1) is 0 Å². The summed E-state index contributed by atoms with van der Waals surface area (Å²) < 4.78 is 5.86. The molecular weight excluding hydrogens is 450 g/mol. The van der Waals surface area contributed by atoms with Gasteiger partial charge in [-0.3, -0.25) is 9.59 Å². The van der Waals surface area contributed by atoms with E-state index in [4.69, 9.17) is 4.74 Å². The van der Waals surface area contributed by atoms with Gasteiger partial charge in [0.2, 0.25) is 5.91 Å². The van der Waals surface area contributed by atoms with Gasteiger partial charge in [0, 0.05) is 29.0 Å². The molecule has 1 aliphatic carbocycles. The van der Waals surface area contributed by atoms with Crippen LogP contribution < -0.4 is 20.7 Å². The highest BCUT2D eigenvalue weighted by atomic mass is 16.5. The molecule has 3 aromatic rings. The fraction of sp³-hybridized carbons (Fsp3) is 0.333. The van der Waals surface area contributed by atoms with Crippen molar-refractivity contribution < 1.29 is 14.3 Å². The van der Waals surface area contributed by atoms with Crippen LogP contribution in [0.2, 0.25) is 0 Å². The first-order valence-electron chi connectivity index (χ1n) is 12.9. The van der Waals surface area contributed by atoms with Crippen molar-refractivity contribution in [2.45, 2.75) is 51.0 Å². The highest BCUT2D eigenvalue weighted by molar-refractivity contribution is 5.96. The number of anilines is 2. The number of nitrogens with one attached hydrogen (secondary N) is 3. The van der Waals surface area contributed by atoms with E-state index in [1.165, 1.54) is 24.8 Å². The summed E-state index contributed by atoms with van der Waals surface area (Å²) in [6.07, 6.45) is 7.57. The predicted octanol–water partition coefficient (Wildman–Crippen LogP) is 5.81. The standard InChI is InChI=1S/C30H35N3O3/c34-29(22-31-26-16-7-13-24(20-26)30(35)33-25-14-5-2-6-15-25)32-27-17-8-18-28(21-27)36-19-9-12-23-10-3-1-4-11-23/h1,3-4,7-8,10-11,13,16-18,20-21,25,31H,2,5-6,9,12,14-15,19,22H2,(H,32,34)(H,33,35). The van der Waals surface area contributed by atoms with Crippen LogP contribution in [0, 0.1) is 0 Å². The molecule has 1 saturated carbocycles. The maximum Gasteiger partial charge on any atom is 0.251 e. The molecule has 3 aromatic carbocycles. The molecule has 2 amide bonds. The van der Waals surface area contributed by atoms with Crippen LogP contribution in [0.1, 0.15) is 54.4 Å². The normalized spacial score (nSPS) is 13.6. The zero-order valence-electron chi connectivity index (χ0n) is 20.7. The van der Waals surface area contributed by atoms with Crippen molar-refractivity contribution in [1.29, 1.82) is 0 Å². The van der Waals surface area contributed by atoms with Crippen molar-refractivity contribution in [3.63, 3.8) is 0 Å². The third kappa shape index (κ3) is 8.15. The third-order valence-electron chi connectivity index (χ3n) is 6.36. The molecule has 0 aromatic heterocycles. The lowest BCUT2D eigenvalue weighted by Gasteiger charge is -2.22. The Hall–Kier alpha value is -3.80. The van der Waals surface area contributed by atoms with Gasteiger partial charge in [0.05, 0.1) is 13.2 Å². The number of benzene rings is 3. The molecule has 6 nitrogen and oxygen atoms in total. The quantitative estimate of drug-likeness (QED) is 0.299. The van der Waals surface area contributed by atoms with Crippen molar-refractivity contribution in [1.82, 2.24) is 5.32 Å². The molecule has 0 radical (unpaired) electrons. The van der Waals surface area contributed by atoms with E-state index in [2.05, 4.69) is 28.1 Å². The Morgan fingerprint density at radius 1 is 0.833 bits per heavy atom. The number of hydrogen-bond acceptors (Lipinski definition) is 4.